The zero-order chi connectivity index (χ0) is 7.56. The minimum absolute atomic E-state index is 0.101. The highest BCUT2D eigenvalue weighted by Gasteiger charge is 2.04. The Hall–Kier alpha value is -0.570. The van der Waals surface area contributed by atoms with Gasteiger partial charge in [-0.3, -0.25) is 9.17 Å². The van der Waals surface area contributed by atoms with Crippen LogP contribution < -0.4 is 5.56 Å². The molecule has 0 amide bonds. The number of aromatic amines is 1. The number of nitrogens with one attached hydrogen (secondary N) is 1. The standard InChI is InChI=1S/C7H11NOS/c1-3-5-6(4-2)10-8-7(5)9/h3-4H2,1-2H3,(H,8,9). The molecule has 0 aliphatic heterocycles. The quantitative estimate of drug-likeness (QED) is 0.694. The molecule has 3 heteroatoms. The summed E-state index contributed by atoms with van der Waals surface area (Å²) in [5.41, 5.74) is 1.07. The van der Waals surface area contributed by atoms with Crippen LogP contribution in [0.2, 0.25) is 0 Å². The average molecular weight is 157 g/mol. The minimum atomic E-state index is 0.101. The lowest BCUT2D eigenvalue weighted by Crippen LogP contribution is -2.04. The van der Waals surface area contributed by atoms with Crippen molar-refractivity contribution in [2.24, 2.45) is 0 Å². The second kappa shape index (κ2) is 3.01. The van der Waals surface area contributed by atoms with Crippen LogP contribution in [0.15, 0.2) is 4.79 Å². The molecule has 1 rings (SSSR count). The first-order chi connectivity index (χ1) is 4.79. The summed E-state index contributed by atoms with van der Waals surface area (Å²) in [6.07, 6.45) is 1.81. The summed E-state index contributed by atoms with van der Waals surface area (Å²) in [5, 5.41) is 0. The van der Waals surface area contributed by atoms with Crippen LogP contribution in [-0.4, -0.2) is 4.37 Å². The van der Waals surface area contributed by atoms with E-state index in [0.29, 0.717) is 0 Å². The first-order valence-corrected chi connectivity index (χ1v) is 4.30. The van der Waals surface area contributed by atoms with Crippen LogP contribution in [0, 0.1) is 0 Å². The number of rotatable bonds is 2. The fraction of sp³-hybridized carbons (Fsp3) is 0.571. The lowest BCUT2D eigenvalue weighted by atomic mass is 10.2. The van der Waals surface area contributed by atoms with Crippen molar-refractivity contribution in [2.75, 3.05) is 0 Å². The van der Waals surface area contributed by atoms with Crippen molar-refractivity contribution >= 4 is 11.5 Å². The van der Waals surface area contributed by atoms with Crippen LogP contribution >= 0.6 is 11.5 Å². The molecule has 0 saturated heterocycles. The zero-order valence-electron chi connectivity index (χ0n) is 6.23. The van der Waals surface area contributed by atoms with Crippen LogP contribution in [0.5, 0.6) is 0 Å². The van der Waals surface area contributed by atoms with E-state index in [1.807, 2.05) is 6.92 Å². The van der Waals surface area contributed by atoms with Gasteiger partial charge in [-0.1, -0.05) is 25.4 Å². The van der Waals surface area contributed by atoms with Gasteiger partial charge in [0.1, 0.15) is 0 Å². The summed E-state index contributed by atoms with van der Waals surface area (Å²) < 4.78 is 2.73. The Morgan fingerprint density at radius 3 is 2.50 bits per heavy atom. The van der Waals surface area contributed by atoms with Crippen LogP contribution in [0.3, 0.4) is 0 Å². The van der Waals surface area contributed by atoms with Gasteiger partial charge in [-0.25, -0.2) is 0 Å². The lowest BCUT2D eigenvalue weighted by molar-refractivity contribution is 1.05. The highest BCUT2D eigenvalue weighted by molar-refractivity contribution is 7.05. The van der Waals surface area contributed by atoms with Crippen LogP contribution in [0.25, 0.3) is 0 Å². The smallest absolute Gasteiger partial charge is 0.261 e. The van der Waals surface area contributed by atoms with Crippen molar-refractivity contribution in [2.45, 2.75) is 26.7 Å². The molecule has 0 aliphatic rings. The molecule has 1 heterocycles. The number of hydrogen-bond donors (Lipinski definition) is 1. The van der Waals surface area contributed by atoms with Gasteiger partial charge in [0.2, 0.25) is 0 Å². The van der Waals surface area contributed by atoms with E-state index in [9.17, 15) is 4.79 Å². The fourth-order valence-electron chi connectivity index (χ4n) is 1.00. The Balaban J connectivity index is 3.13. The minimum Gasteiger partial charge on any atom is -0.277 e. The maximum atomic E-state index is 11.0. The Labute approximate surface area is 64.1 Å². The van der Waals surface area contributed by atoms with Gasteiger partial charge in [-0.05, 0) is 12.8 Å². The molecule has 0 bridgehead atoms. The molecule has 10 heavy (non-hydrogen) atoms. The fourth-order valence-corrected chi connectivity index (χ4v) is 1.84. The summed E-state index contributed by atoms with van der Waals surface area (Å²) in [4.78, 5) is 12.2. The van der Waals surface area contributed by atoms with Gasteiger partial charge in [0, 0.05) is 10.4 Å². The molecule has 1 aromatic rings. The van der Waals surface area contributed by atoms with Crippen molar-refractivity contribution in [3.63, 3.8) is 0 Å². The highest BCUT2D eigenvalue weighted by Crippen LogP contribution is 2.09. The summed E-state index contributed by atoms with van der Waals surface area (Å²) in [6, 6.07) is 0. The van der Waals surface area contributed by atoms with E-state index >= 15 is 0 Å². The Bertz CT molecular complexity index is 261. The average Bonchev–Trinajstić information content (AvgIpc) is 2.30. The molecule has 0 spiro atoms. The van der Waals surface area contributed by atoms with E-state index in [0.717, 1.165) is 18.4 Å². The number of aromatic nitrogens is 1. The molecule has 0 radical (unpaired) electrons. The van der Waals surface area contributed by atoms with Crippen molar-refractivity contribution in [1.29, 1.82) is 0 Å². The van der Waals surface area contributed by atoms with Gasteiger partial charge < -0.3 is 0 Å². The maximum absolute atomic E-state index is 11.0. The van der Waals surface area contributed by atoms with Crippen molar-refractivity contribution < 1.29 is 0 Å². The summed E-state index contributed by atoms with van der Waals surface area (Å²) in [7, 11) is 0. The molecule has 0 aliphatic carbocycles. The summed E-state index contributed by atoms with van der Waals surface area (Å²) in [6.45, 7) is 4.08. The van der Waals surface area contributed by atoms with Crippen LogP contribution in [-0.2, 0) is 12.8 Å². The summed E-state index contributed by atoms with van der Waals surface area (Å²) in [5.74, 6) is 0. The van der Waals surface area contributed by atoms with Crippen molar-refractivity contribution in [3.8, 4) is 0 Å². The third kappa shape index (κ3) is 1.14. The molecule has 0 unspecified atom stereocenters. The number of aryl methyl sites for hydroxylation is 1. The van der Waals surface area contributed by atoms with E-state index in [4.69, 9.17) is 0 Å². The molecule has 2 nitrogen and oxygen atoms in total. The lowest BCUT2D eigenvalue weighted by Gasteiger charge is -1.90. The molecular formula is C7H11NOS. The van der Waals surface area contributed by atoms with Gasteiger partial charge in [-0.15, -0.1) is 0 Å². The Kier molecular flexibility index (Phi) is 2.27. The van der Waals surface area contributed by atoms with E-state index < -0.39 is 0 Å². The predicted molar refractivity (Wildman–Crippen MR) is 43.7 cm³/mol. The van der Waals surface area contributed by atoms with Gasteiger partial charge in [-0.2, -0.15) is 0 Å². The normalized spacial score (nSPS) is 10.2. The van der Waals surface area contributed by atoms with E-state index in [2.05, 4.69) is 11.3 Å². The van der Waals surface area contributed by atoms with Gasteiger partial charge in [0.05, 0.1) is 0 Å². The molecule has 0 saturated carbocycles. The molecular weight excluding hydrogens is 146 g/mol. The van der Waals surface area contributed by atoms with Crippen LogP contribution in [0.4, 0.5) is 0 Å². The third-order valence-electron chi connectivity index (χ3n) is 1.55. The third-order valence-corrected chi connectivity index (χ3v) is 2.62. The van der Waals surface area contributed by atoms with E-state index in [1.165, 1.54) is 16.4 Å². The Morgan fingerprint density at radius 1 is 1.40 bits per heavy atom. The van der Waals surface area contributed by atoms with Gasteiger partial charge in [0.15, 0.2) is 0 Å². The largest absolute Gasteiger partial charge is 0.277 e. The van der Waals surface area contributed by atoms with E-state index in [-0.39, 0.29) is 5.56 Å². The second-order valence-electron chi connectivity index (χ2n) is 2.14. The molecule has 1 aromatic heterocycles. The SMILES string of the molecule is CCc1s[nH]c(=O)c1CC. The second-order valence-corrected chi connectivity index (χ2v) is 3.04. The zero-order valence-corrected chi connectivity index (χ0v) is 7.05. The van der Waals surface area contributed by atoms with Crippen LogP contribution in [0.1, 0.15) is 24.3 Å². The molecule has 1 N–H and O–H groups in total. The molecule has 0 aromatic carbocycles. The first-order valence-electron chi connectivity index (χ1n) is 3.48. The van der Waals surface area contributed by atoms with Gasteiger partial charge in [0.25, 0.3) is 5.56 Å². The monoisotopic (exact) mass is 157 g/mol. The predicted octanol–water partition coefficient (Wildman–Crippen LogP) is 1.56. The highest BCUT2D eigenvalue weighted by atomic mass is 32.1. The van der Waals surface area contributed by atoms with Gasteiger partial charge >= 0.3 is 0 Å². The maximum Gasteiger partial charge on any atom is 0.261 e. The van der Waals surface area contributed by atoms with E-state index in [1.54, 1.807) is 0 Å². The number of H-pyrrole nitrogens is 1. The molecule has 0 atom stereocenters. The first kappa shape index (κ1) is 7.54. The molecule has 56 valence electrons. The summed E-state index contributed by atoms with van der Waals surface area (Å²) >= 11 is 1.46. The van der Waals surface area contributed by atoms with Crippen molar-refractivity contribution in [3.05, 3.63) is 20.8 Å². The number of hydrogen-bond acceptors (Lipinski definition) is 2. The molecule has 0 fully saturated rings. The van der Waals surface area contributed by atoms with Crippen molar-refractivity contribution in [1.82, 2.24) is 4.37 Å². The topological polar surface area (TPSA) is 32.9 Å². The Morgan fingerprint density at radius 2 is 2.10 bits per heavy atom.